The Morgan fingerprint density at radius 1 is 0.333 bits per heavy atom. The highest BCUT2D eigenvalue weighted by Gasteiger charge is 2.02. The summed E-state index contributed by atoms with van der Waals surface area (Å²) in [5, 5.41) is 0. The summed E-state index contributed by atoms with van der Waals surface area (Å²) >= 11 is 0. The van der Waals surface area contributed by atoms with Gasteiger partial charge < -0.3 is 33.2 Å². The largest absolute Gasteiger partial charge is 0.463 e. The summed E-state index contributed by atoms with van der Waals surface area (Å²) in [6.07, 6.45) is 22.6. The Kier molecular flexibility index (Phi) is 37.6. The average Bonchev–Trinajstić information content (AvgIpc) is 3.00. The highest BCUT2D eigenvalue weighted by molar-refractivity contribution is 5.69. The second-order valence-electron chi connectivity index (χ2n) is 10.9. The van der Waals surface area contributed by atoms with Crippen molar-refractivity contribution in [2.24, 2.45) is 0 Å². The summed E-state index contributed by atoms with van der Waals surface area (Å²) < 4.78 is 38.2. The van der Waals surface area contributed by atoms with Crippen molar-refractivity contribution < 1.29 is 38.0 Å². The van der Waals surface area contributed by atoms with E-state index in [4.69, 9.17) is 33.2 Å². The zero-order valence-corrected chi connectivity index (χ0v) is 27.7. The van der Waals surface area contributed by atoms with Crippen LogP contribution in [-0.4, -0.2) is 91.9 Å². The first-order valence-electron chi connectivity index (χ1n) is 17.4. The molecule has 8 heteroatoms. The molecule has 252 valence electrons. The van der Waals surface area contributed by atoms with Crippen molar-refractivity contribution in [1.82, 2.24) is 0 Å². The first-order valence-corrected chi connectivity index (χ1v) is 17.4. The Hall–Kier alpha value is -0.770. The number of esters is 1. The molecule has 0 aliphatic heterocycles. The summed E-state index contributed by atoms with van der Waals surface area (Å²) in [5.74, 6) is -0.139. The van der Waals surface area contributed by atoms with Crippen molar-refractivity contribution in [2.45, 2.75) is 129 Å². The normalized spacial score (nSPS) is 11.4. The molecule has 0 aliphatic carbocycles. The zero-order valence-electron chi connectivity index (χ0n) is 27.7. The lowest BCUT2D eigenvalue weighted by Crippen LogP contribution is -2.15. The van der Waals surface area contributed by atoms with Gasteiger partial charge in [-0.25, -0.2) is 0 Å². The Bertz CT molecular complexity index is 506. The van der Waals surface area contributed by atoms with Crippen LogP contribution in [0.4, 0.5) is 0 Å². The fourth-order valence-corrected chi connectivity index (χ4v) is 4.41. The minimum absolute atomic E-state index is 0.139. The van der Waals surface area contributed by atoms with Gasteiger partial charge in [-0.05, 0) is 12.8 Å². The molecule has 0 saturated heterocycles. The third-order valence-electron chi connectivity index (χ3n) is 6.98. The van der Waals surface area contributed by atoms with Gasteiger partial charge in [0.1, 0.15) is 6.61 Å². The molecular weight excluding hydrogens is 536 g/mol. The lowest BCUT2D eigenvalue weighted by Gasteiger charge is -2.08. The highest BCUT2D eigenvalue weighted by atomic mass is 16.6. The second-order valence-corrected chi connectivity index (χ2v) is 10.9. The fourth-order valence-electron chi connectivity index (χ4n) is 4.41. The Labute approximate surface area is 259 Å². The lowest BCUT2D eigenvalue weighted by molar-refractivity contribution is -0.145. The van der Waals surface area contributed by atoms with Gasteiger partial charge in [-0.15, -0.1) is 0 Å². The van der Waals surface area contributed by atoms with Crippen molar-refractivity contribution >= 4 is 5.97 Å². The number of ether oxygens (including phenoxy) is 7. The van der Waals surface area contributed by atoms with E-state index in [1.54, 1.807) is 0 Å². The molecule has 0 radical (unpaired) electrons. The third-order valence-corrected chi connectivity index (χ3v) is 6.98. The van der Waals surface area contributed by atoms with E-state index in [0.29, 0.717) is 85.7 Å². The highest BCUT2D eigenvalue weighted by Crippen LogP contribution is 2.12. The Morgan fingerprint density at radius 2 is 0.619 bits per heavy atom. The molecule has 0 aromatic rings. The first kappa shape index (κ1) is 41.2. The van der Waals surface area contributed by atoms with Gasteiger partial charge in [-0.2, -0.15) is 0 Å². The van der Waals surface area contributed by atoms with Gasteiger partial charge in [-0.1, -0.05) is 110 Å². The van der Waals surface area contributed by atoms with Gasteiger partial charge >= 0.3 is 5.97 Å². The van der Waals surface area contributed by atoms with Crippen molar-refractivity contribution in [3.8, 4) is 0 Å². The van der Waals surface area contributed by atoms with Crippen molar-refractivity contribution in [2.75, 3.05) is 85.9 Å². The molecular formula is C34H68O8. The number of hydrogen-bond acceptors (Lipinski definition) is 8. The molecule has 0 bridgehead atoms. The molecule has 0 aliphatic rings. The topological polar surface area (TPSA) is 81.7 Å². The molecule has 42 heavy (non-hydrogen) atoms. The van der Waals surface area contributed by atoms with Crippen LogP contribution < -0.4 is 0 Å². The molecule has 0 N–H and O–H groups in total. The maximum absolute atomic E-state index is 11.5. The van der Waals surface area contributed by atoms with Crippen molar-refractivity contribution in [3.63, 3.8) is 0 Å². The minimum atomic E-state index is -0.139. The van der Waals surface area contributed by atoms with Gasteiger partial charge in [0.05, 0.1) is 72.7 Å². The van der Waals surface area contributed by atoms with E-state index in [9.17, 15) is 4.79 Å². The minimum Gasteiger partial charge on any atom is -0.463 e. The molecule has 0 unspecified atom stereocenters. The quantitative estimate of drug-likeness (QED) is 0.0527. The standard InChI is InChI=1S/C34H68O8/c1-3-5-7-9-10-11-12-13-14-15-16-17-19-21-36-22-23-37-24-25-38-26-27-39-28-29-40-30-31-41-32-33-42-34(35)20-18-8-6-4-2/h3-33H2,1-2H3. The average molecular weight is 605 g/mol. The molecule has 8 nitrogen and oxygen atoms in total. The molecule has 0 saturated carbocycles. The van der Waals surface area contributed by atoms with E-state index >= 15 is 0 Å². The summed E-state index contributed by atoms with van der Waals surface area (Å²) in [6, 6.07) is 0. The van der Waals surface area contributed by atoms with Crippen LogP contribution >= 0.6 is 0 Å². The summed E-state index contributed by atoms with van der Waals surface area (Å²) in [6.45, 7) is 11.4. The fraction of sp³-hybridized carbons (Fsp3) is 0.971. The monoisotopic (exact) mass is 604 g/mol. The molecule has 0 amide bonds. The van der Waals surface area contributed by atoms with Gasteiger partial charge in [-0.3, -0.25) is 4.79 Å². The molecule has 0 heterocycles. The SMILES string of the molecule is CCCCCCCCCCCCCCCOCCOCCOCCOCCOCCOCCOC(=O)CCCCCC. The summed E-state index contributed by atoms with van der Waals surface area (Å²) in [5.41, 5.74) is 0. The van der Waals surface area contributed by atoms with E-state index < -0.39 is 0 Å². The van der Waals surface area contributed by atoms with Crippen LogP contribution in [0.15, 0.2) is 0 Å². The van der Waals surface area contributed by atoms with E-state index in [-0.39, 0.29) is 5.97 Å². The maximum Gasteiger partial charge on any atom is 0.305 e. The molecule has 0 aromatic heterocycles. The van der Waals surface area contributed by atoms with Crippen molar-refractivity contribution in [3.05, 3.63) is 0 Å². The smallest absolute Gasteiger partial charge is 0.305 e. The van der Waals surface area contributed by atoms with E-state index in [2.05, 4.69) is 13.8 Å². The summed E-state index contributed by atoms with van der Waals surface area (Å²) in [7, 11) is 0. The Balaban J connectivity index is 3.07. The van der Waals surface area contributed by atoms with Gasteiger partial charge in [0, 0.05) is 13.0 Å². The zero-order chi connectivity index (χ0) is 30.4. The first-order chi connectivity index (χ1) is 20.8. The molecule has 0 rings (SSSR count). The predicted octanol–water partition coefficient (Wildman–Crippen LogP) is 7.69. The van der Waals surface area contributed by atoms with E-state index in [0.717, 1.165) is 32.3 Å². The van der Waals surface area contributed by atoms with Crippen molar-refractivity contribution in [1.29, 1.82) is 0 Å². The third kappa shape index (κ3) is 37.3. The van der Waals surface area contributed by atoms with Gasteiger partial charge in [0.2, 0.25) is 0 Å². The molecule has 0 atom stereocenters. The molecule has 0 spiro atoms. The van der Waals surface area contributed by atoms with Gasteiger partial charge in [0.15, 0.2) is 0 Å². The maximum atomic E-state index is 11.5. The van der Waals surface area contributed by atoms with Crippen LogP contribution in [-0.2, 0) is 38.0 Å². The number of unbranched alkanes of at least 4 members (excludes halogenated alkanes) is 15. The Morgan fingerprint density at radius 3 is 1.00 bits per heavy atom. The lowest BCUT2D eigenvalue weighted by atomic mass is 10.0. The number of carbonyl (C=O) groups is 1. The van der Waals surface area contributed by atoms with Crippen LogP contribution in [0.5, 0.6) is 0 Å². The van der Waals surface area contributed by atoms with Crippen LogP contribution in [0.3, 0.4) is 0 Å². The van der Waals surface area contributed by atoms with Crippen LogP contribution in [0.25, 0.3) is 0 Å². The van der Waals surface area contributed by atoms with Crippen LogP contribution in [0, 0.1) is 0 Å². The van der Waals surface area contributed by atoms with E-state index in [1.807, 2.05) is 0 Å². The molecule has 0 fully saturated rings. The van der Waals surface area contributed by atoms with Gasteiger partial charge in [0.25, 0.3) is 0 Å². The number of rotatable bonds is 37. The van der Waals surface area contributed by atoms with Crippen LogP contribution in [0.2, 0.25) is 0 Å². The van der Waals surface area contributed by atoms with E-state index in [1.165, 1.54) is 83.5 Å². The number of hydrogen-bond donors (Lipinski definition) is 0. The number of carbonyl (C=O) groups excluding carboxylic acids is 1. The summed E-state index contributed by atoms with van der Waals surface area (Å²) in [4.78, 5) is 11.5. The molecule has 0 aromatic carbocycles. The predicted molar refractivity (Wildman–Crippen MR) is 170 cm³/mol. The van der Waals surface area contributed by atoms with Crippen LogP contribution in [0.1, 0.15) is 129 Å². The second kappa shape index (κ2) is 38.3.